The minimum absolute atomic E-state index is 0.0704. The summed E-state index contributed by atoms with van der Waals surface area (Å²) in [5.74, 6) is -0.0704. The van der Waals surface area contributed by atoms with Gasteiger partial charge >= 0.3 is 0 Å². The monoisotopic (exact) mass is 1080 g/mol. The van der Waals surface area contributed by atoms with Crippen molar-refractivity contribution < 1.29 is 15.0 Å². The van der Waals surface area contributed by atoms with Crippen LogP contribution < -0.4 is 5.32 Å². The molecule has 0 spiro atoms. The van der Waals surface area contributed by atoms with Gasteiger partial charge in [-0.25, -0.2) is 0 Å². The van der Waals surface area contributed by atoms with Crippen molar-refractivity contribution in [2.24, 2.45) is 0 Å². The third kappa shape index (κ3) is 65.0. The van der Waals surface area contributed by atoms with Gasteiger partial charge in [-0.15, -0.1) is 0 Å². The fourth-order valence-corrected chi connectivity index (χ4v) is 11.2. The maximum absolute atomic E-state index is 12.5. The largest absolute Gasteiger partial charge is 0.394 e. The van der Waals surface area contributed by atoms with E-state index in [0.717, 1.165) is 38.5 Å². The Bertz CT molecular complexity index is 1220. The summed E-state index contributed by atoms with van der Waals surface area (Å²) in [6.45, 7) is 4.34. The van der Waals surface area contributed by atoms with E-state index >= 15 is 0 Å². The molecule has 0 radical (unpaired) electrons. The molecule has 0 aliphatic rings. The molecule has 3 N–H and O–H groups in total. The first-order valence-corrected chi connectivity index (χ1v) is 35.4. The van der Waals surface area contributed by atoms with E-state index in [1.165, 1.54) is 334 Å². The predicted octanol–water partition coefficient (Wildman–Crippen LogP) is 24.1. The second-order valence-corrected chi connectivity index (χ2v) is 24.3. The van der Waals surface area contributed by atoms with Gasteiger partial charge in [-0.05, 0) is 70.6 Å². The molecule has 1 amide bonds. The molecule has 0 aromatic heterocycles. The van der Waals surface area contributed by atoms with Gasteiger partial charge in [0.15, 0.2) is 0 Å². The molecule has 4 nitrogen and oxygen atoms in total. The highest BCUT2D eigenvalue weighted by Crippen LogP contribution is 2.19. The number of aliphatic hydroxyl groups is 2. The van der Waals surface area contributed by atoms with Crippen LogP contribution >= 0.6 is 0 Å². The SMILES string of the molecule is CCCCCCCCCC/C=C\CCCCCCCCCCCCCCCCCCCCCCCCCCCCCC(=O)NC(CO)C(O)/C=C/CC/C=C/CC/C=C/CCCCCCCCCCCCCCCCCC. The number of carbonyl (C=O) groups is 1. The molecule has 77 heavy (non-hydrogen) atoms. The molecule has 0 fully saturated rings. The fourth-order valence-electron chi connectivity index (χ4n) is 11.2. The van der Waals surface area contributed by atoms with Crippen LogP contribution in [0.4, 0.5) is 0 Å². The van der Waals surface area contributed by atoms with Crippen molar-refractivity contribution >= 4 is 5.91 Å². The summed E-state index contributed by atoms with van der Waals surface area (Å²) in [4.78, 5) is 12.5. The van der Waals surface area contributed by atoms with Gasteiger partial charge in [-0.3, -0.25) is 4.79 Å². The number of nitrogens with one attached hydrogen (secondary N) is 1. The van der Waals surface area contributed by atoms with E-state index in [1.54, 1.807) is 6.08 Å². The Kier molecular flexibility index (Phi) is 67.2. The Balaban J connectivity index is 3.44. The Labute approximate surface area is 484 Å². The molecule has 0 aromatic rings. The number of allylic oxidation sites excluding steroid dienone is 7. The molecule has 0 saturated carbocycles. The van der Waals surface area contributed by atoms with E-state index in [2.05, 4.69) is 55.6 Å². The van der Waals surface area contributed by atoms with Gasteiger partial charge in [-0.1, -0.05) is 364 Å². The Morgan fingerprint density at radius 1 is 0.299 bits per heavy atom. The zero-order chi connectivity index (χ0) is 55.5. The van der Waals surface area contributed by atoms with Crippen LogP contribution in [0.25, 0.3) is 0 Å². The molecule has 454 valence electrons. The van der Waals surface area contributed by atoms with Crippen LogP contribution in [0.2, 0.25) is 0 Å². The molecule has 0 aliphatic carbocycles. The van der Waals surface area contributed by atoms with Gasteiger partial charge in [0.1, 0.15) is 0 Å². The van der Waals surface area contributed by atoms with Crippen LogP contribution in [0.3, 0.4) is 0 Å². The van der Waals surface area contributed by atoms with E-state index in [1.807, 2.05) is 6.08 Å². The van der Waals surface area contributed by atoms with Gasteiger partial charge in [0, 0.05) is 6.42 Å². The lowest BCUT2D eigenvalue weighted by atomic mass is 10.0. The number of hydrogen-bond donors (Lipinski definition) is 3. The third-order valence-electron chi connectivity index (χ3n) is 16.5. The van der Waals surface area contributed by atoms with Crippen LogP contribution in [-0.4, -0.2) is 34.9 Å². The fraction of sp³-hybridized carbons (Fsp3) is 0.877. The van der Waals surface area contributed by atoms with Crippen molar-refractivity contribution in [2.75, 3.05) is 6.61 Å². The highest BCUT2D eigenvalue weighted by molar-refractivity contribution is 5.76. The Morgan fingerprint density at radius 3 is 0.753 bits per heavy atom. The summed E-state index contributed by atoms with van der Waals surface area (Å²) in [5, 5.41) is 23.2. The zero-order valence-corrected chi connectivity index (χ0v) is 52.5. The predicted molar refractivity (Wildman–Crippen MR) is 345 cm³/mol. The lowest BCUT2D eigenvalue weighted by Crippen LogP contribution is -2.45. The normalized spacial score (nSPS) is 12.9. The molecule has 0 bridgehead atoms. The highest BCUT2D eigenvalue weighted by Gasteiger charge is 2.18. The average molecular weight is 1080 g/mol. The third-order valence-corrected chi connectivity index (χ3v) is 16.5. The topological polar surface area (TPSA) is 69.6 Å². The highest BCUT2D eigenvalue weighted by atomic mass is 16.3. The number of amides is 1. The summed E-state index contributed by atoms with van der Waals surface area (Å²) in [5.41, 5.74) is 0. The summed E-state index contributed by atoms with van der Waals surface area (Å²) in [7, 11) is 0. The summed E-state index contributed by atoms with van der Waals surface area (Å²) >= 11 is 0. The van der Waals surface area contributed by atoms with Gasteiger partial charge < -0.3 is 15.5 Å². The van der Waals surface area contributed by atoms with Crippen LogP contribution in [-0.2, 0) is 4.79 Å². The van der Waals surface area contributed by atoms with E-state index < -0.39 is 12.1 Å². The standard InChI is InChI=1S/C73H139NO3/c1-3-5-7-9-11-13-15-17-19-21-23-25-27-29-31-32-33-34-35-36-37-38-39-40-41-42-43-45-47-49-51-53-55-57-59-61-63-65-67-69-73(77)74-71(70-75)72(76)68-66-64-62-60-58-56-54-52-50-48-46-44-30-28-26-24-22-20-18-16-14-12-10-8-6-4-2/h21,23,50,52,58,60,66,68,71-72,75-76H,3-20,22,24-49,51,53-57,59,61-65,67,69-70H2,1-2H3,(H,74,77)/b23-21-,52-50+,60-58+,68-66+. The van der Waals surface area contributed by atoms with Crippen molar-refractivity contribution in [1.82, 2.24) is 5.32 Å². The molecule has 4 heteroatoms. The minimum Gasteiger partial charge on any atom is -0.394 e. The Morgan fingerprint density at radius 2 is 0.506 bits per heavy atom. The van der Waals surface area contributed by atoms with Crippen LogP contribution in [0.15, 0.2) is 48.6 Å². The van der Waals surface area contributed by atoms with Gasteiger partial charge in [0.05, 0.1) is 18.8 Å². The number of rotatable bonds is 66. The first-order chi connectivity index (χ1) is 38.2. The van der Waals surface area contributed by atoms with E-state index in [-0.39, 0.29) is 12.5 Å². The second-order valence-electron chi connectivity index (χ2n) is 24.3. The van der Waals surface area contributed by atoms with E-state index in [9.17, 15) is 15.0 Å². The minimum atomic E-state index is -0.871. The van der Waals surface area contributed by atoms with Crippen molar-refractivity contribution in [3.63, 3.8) is 0 Å². The molecular formula is C73H139NO3. The molecule has 2 unspecified atom stereocenters. The van der Waals surface area contributed by atoms with Gasteiger partial charge in [0.2, 0.25) is 5.91 Å². The lowest BCUT2D eigenvalue weighted by Gasteiger charge is -2.19. The molecule has 0 aromatic carbocycles. The van der Waals surface area contributed by atoms with Crippen molar-refractivity contribution in [3.05, 3.63) is 48.6 Å². The molecule has 0 saturated heterocycles. The zero-order valence-electron chi connectivity index (χ0n) is 52.5. The van der Waals surface area contributed by atoms with Gasteiger partial charge in [-0.2, -0.15) is 0 Å². The smallest absolute Gasteiger partial charge is 0.220 e. The van der Waals surface area contributed by atoms with Crippen molar-refractivity contribution in [3.8, 4) is 0 Å². The molecule has 0 aliphatic heterocycles. The number of carbonyl (C=O) groups excluding carboxylic acids is 1. The molecule has 0 rings (SSSR count). The summed E-state index contributed by atoms with van der Waals surface area (Å²) in [6.07, 6.45) is 96.4. The van der Waals surface area contributed by atoms with E-state index in [0.29, 0.717) is 6.42 Å². The maximum atomic E-state index is 12.5. The van der Waals surface area contributed by atoms with E-state index in [4.69, 9.17) is 0 Å². The van der Waals surface area contributed by atoms with Crippen LogP contribution in [0.1, 0.15) is 393 Å². The van der Waals surface area contributed by atoms with Gasteiger partial charge in [0.25, 0.3) is 0 Å². The first-order valence-electron chi connectivity index (χ1n) is 35.4. The second kappa shape index (κ2) is 68.6. The number of aliphatic hydroxyl groups excluding tert-OH is 2. The van der Waals surface area contributed by atoms with Crippen LogP contribution in [0, 0.1) is 0 Å². The van der Waals surface area contributed by atoms with Crippen molar-refractivity contribution in [2.45, 2.75) is 405 Å². The first kappa shape index (κ1) is 75.3. The number of hydrogen-bond acceptors (Lipinski definition) is 3. The molecule has 0 heterocycles. The molecular weight excluding hydrogens is 939 g/mol. The Hall–Kier alpha value is -1.65. The van der Waals surface area contributed by atoms with Crippen LogP contribution in [0.5, 0.6) is 0 Å². The summed E-state index contributed by atoms with van der Waals surface area (Å²) in [6, 6.07) is -0.646. The molecule has 2 atom stereocenters. The summed E-state index contributed by atoms with van der Waals surface area (Å²) < 4.78 is 0. The quantitative estimate of drug-likeness (QED) is 0.0420. The average Bonchev–Trinajstić information content (AvgIpc) is 3.43. The lowest BCUT2D eigenvalue weighted by molar-refractivity contribution is -0.123. The van der Waals surface area contributed by atoms with Crippen molar-refractivity contribution in [1.29, 1.82) is 0 Å². The maximum Gasteiger partial charge on any atom is 0.220 e. The number of unbranched alkanes of at least 4 members (excludes halogenated alkanes) is 53.